The zero-order valence-electron chi connectivity index (χ0n) is 10.3. The average Bonchev–Trinajstić information content (AvgIpc) is 2.27. The molecule has 0 radical (unpaired) electrons. The Morgan fingerprint density at radius 1 is 1.39 bits per heavy atom. The van der Waals surface area contributed by atoms with E-state index in [-0.39, 0.29) is 6.04 Å². The van der Waals surface area contributed by atoms with E-state index in [9.17, 15) is 8.42 Å². The predicted octanol–water partition coefficient (Wildman–Crippen LogP) is 1.87. The van der Waals surface area contributed by atoms with Crippen LogP contribution >= 0.6 is 15.9 Å². The van der Waals surface area contributed by atoms with Crippen LogP contribution in [0.2, 0.25) is 0 Å². The summed E-state index contributed by atoms with van der Waals surface area (Å²) in [4.78, 5) is 0.337. The zero-order valence-corrected chi connectivity index (χ0v) is 12.7. The second-order valence-electron chi connectivity index (χ2n) is 4.73. The molecule has 100 valence electrons. The van der Waals surface area contributed by atoms with E-state index in [2.05, 4.69) is 15.9 Å². The van der Waals surface area contributed by atoms with Gasteiger partial charge in [0.15, 0.2) is 0 Å². The molecule has 0 spiro atoms. The van der Waals surface area contributed by atoms with E-state index < -0.39 is 10.0 Å². The van der Waals surface area contributed by atoms with Crippen LogP contribution in [-0.4, -0.2) is 31.9 Å². The number of hydrogen-bond acceptors (Lipinski definition) is 3. The first-order chi connectivity index (χ1) is 8.39. The Labute approximate surface area is 116 Å². The van der Waals surface area contributed by atoms with Crippen LogP contribution in [0.5, 0.6) is 0 Å². The number of nitrogens with two attached hydrogens (primary N) is 1. The quantitative estimate of drug-likeness (QED) is 0.899. The van der Waals surface area contributed by atoms with E-state index in [0.29, 0.717) is 18.0 Å². The van der Waals surface area contributed by atoms with Gasteiger partial charge in [-0.15, -0.1) is 0 Å². The van der Waals surface area contributed by atoms with Crippen LogP contribution in [-0.2, 0) is 10.0 Å². The van der Waals surface area contributed by atoms with Crippen LogP contribution in [0.3, 0.4) is 0 Å². The van der Waals surface area contributed by atoms with E-state index in [4.69, 9.17) is 5.73 Å². The van der Waals surface area contributed by atoms with E-state index >= 15 is 0 Å². The predicted molar refractivity (Wildman–Crippen MR) is 74.8 cm³/mol. The minimum absolute atomic E-state index is 0.0539. The molecule has 1 aromatic rings. The number of sulfonamides is 1. The Morgan fingerprint density at radius 3 is 2.72 bits per heavy atom. The SMILES string of the molecule is Cc1cc(Br)cc(S(=O)(=O)N2CCCC(N)C2)c1. The molecule has 18 heavy (non-hydrogen) atoms. The van der Waals surface area contributed by atoms with Crippen molar-refractivity contribution in [3.05, 3.63) is 28.2 Å². The molecular formula is C12H17BrN2O2S. The van der Waals surface area contributed by atoms with E-state index in [1.54, 1.807) is 12.1 Å². The smallest absolute Gasteiger partial charge is 0.243 e. The van der Waals surface area contributed by atoms with Crippen molar-refractivity contribution in [3.63, 3.8) is 0 Å². The zero-order chi connectivity index (χ0) is 13.3. The van der Waals surface area contributed by atoms with Crippen molar-refractivity contribution >= 4 is 26.0 Å². The summed E-state index contributed by atoms with van der Waals surface area (Å²) in [6.07, 6.45) is 1.72. The molecule has 1 unspecified atom stereocenters. The first-order valence-electron chi connectivity index (χ1n) is 5.92. The maximum atomic E-state index is 12.5. The Morgan fingerprint density at radius 2 is 2.11 bits per heavy atom. The molecule has 0 saturated carbocycles. The van der Waals surface area contributed by atoms with Gasteiger partial charge in [-0.05, 0) is 43.5 Å². The minimum atomic E-state index is -3.42. The third-order valence-corrected chi connectivity index (χ3v) is 5.37. The Kier molecular flexibility index (Phi) is 4.11. The highest BCUT2D eigenvalue weighted by Crippen LogP contribution is 2.24. The van der Waals surface area contributed by atoms with Crippen molar-refractivity contribution in [3.8, 4) is 0 Å². The van der Waals surface area contributed by atoms with Gasteiger partial charge in [0.2, 0.25) is 10.0 Å². The summed E-state index contributed by atoms with van der Waals surface area (Å²) in [5, 5.41) is 0. The second-order valence-corrected chi connectivity index (χ2v) is 7.58. The van der Waals surface area contributed by atoms with Crippen LogP contribution in [0.4, 0.5) is 0 Å². The molecule has 0 aromatic heterocycles. The van der Waals surface area contributed by atoms with Gasteiger partial charge < -0.3 is 5.73 Å². The van der Waals surface area contributed by atoms with E-state index in [0.717, 1.165) is 22.9 Å². The summed E-state index contributed by atoms with van der Waals surface area (Å²) in [5.41, 5.74) is 6.76. The summed E-state index contributed by atoms with van der Waals surface area (Å²) in [6, 6.07) is 5.17. The Hall–Kier alpha value is -0.430. The number of aryl methyl sites for hydroxylation is 1. The lowest BCUT2D eigenvalue weighted by Crippen LogP contribution is -2.45. The second kappa shape index (κ2) is 5.28. The third-order valence-electron chi connectivity index (χ3n) is 3.07. The van der Waals surface area contributed by atoms with Crippen molar-refractivity contribution in [2.45, 2.75) is 30.7 Å². The summed E-state index contributed by atoms with van der Waals surface area (Å²) in [5.74, 6) is 0. The fraction of sp³-hybridized carbons (Fsp3) is 0.500. The van der Waals surface area contributed by atoms with Crippen LogP contribution in [0.15, 0.2) is 27.6 Å². The maximum Gasteiger partial charge on any atom is 0.243 e. The molecule has 1 atom stereocenters. The van der Waals surface area contributed by atoms with Gasteiger partial charge in [-0.25, -0.2) is 8.42 Å². The normalized spacial score (nSPS) is 22.1. The highest BCUT2D eigenvalue weighted by Gasteiger charge is 2.29. The number of piperidine rings is 1. The lowest BCUT2D eigenvalue weighted by Gasteiger charge is -2.30. The van der Waals surface area contributed by atoms with Crippen LogP contribution in [0, 0.1) is 6.92 Å². The highest BCUT2D eigenvalue weighted by molar-refractivity contribution is 9.10. The summed E-state index contributed by atoms with van der Waals surface area (Å²) < 4.78 is 27.2. The first-order valence-corrected chi connectivity index (χ1v) is 8.16. The number of halogens is 1. The summed E-state index contributed by atoms with van der Waals surface area (Å²) in [7, 11) is -3.42. The fourth-order valence-electron chi connectivity index (χ4n) is 2.19. The van der Waals surface area contributed by atoms with Crippen molar-refractivity contribution in [1.82, 2.24) is 4.31 Å². The first kappa shape index (κ1) is 14.0. The van der Waals surface area contributed by atoms with E-state index in [1.165, 1.54) is 4.31 Å². The molecule has 4 nitrogen and oxygen atoms in total. The van der Waals surface area contributed by atoms with Crippen molar-refractivity contribution in [2.75, 3.05) is 13.1 Å². The summed E-state index contributed by atoms with van der Waals surface area (Å²) >= 11 is 3.33. The number of rotatable bonds is 2. The average molecular weight is 333 g/mol. The molecular weight excluding hydrogens is 316 g/mol. The molecule has 0 aliphatic carbocycles. The molecule has 1 aliphatic heterocycles. The molecule has 1 saturated heterocycles. The van der Waals surface area contributed by atoms with Gasteiger partial charge in [0, 0.05) is 23.6 Å². The Balaban J connectivity index is 2.35. The molecule has 1 fully saturated rings. The van der Waals surface area contributed by atoms with Crippen LogP contribution in [0.25, 0.3) is 0 Å². The molecule has 1 aliphatic rings. The standard InChI is InChI=1S/C12H17BrN2O2S/c1-9-5-10(13)7-12(6-9)18(16,17)15-4-2-3-11(14)8-15/h5-7,11H,2-4,8,14H2,1H3. The molecule has 0 amide bonds. The topological polar surface area (TPSA) is 63.4 Å². The van der Waals surface area contributed by atoms with Gasteiger partial charge in [-0.2, -0.15) is 4.31 Å². The van der Waals surface area contributed by atoms with Crippen LogP contribution in [0.1, 0.15) is 18.4 Å². The lowest BCUT2D eigenvalue weighted by molar-refractivity contribution is 0.316. The molecule has 0 bridgehead atoms. The lowest BCUT2D eigenvalue weighted by atomic mass is 10.1. The minimum Gasteiger partial charge on any atom is -0.327 e. The molecule has 2 N–H and O–H groups in total. The van der Waals surface area contributed by atoms with Gasteiger partial charge >= 0.3 is 0 Å². The number of benzene rings is 1. The number of hydrogen-bond donors (Lipinski definition) is 1. The van der Waals surface area contributed by atoms with Gasteiger partial charge in [0.1, 0.15) is 0 Å². The van der Waals surface area contributed by atoms with Crippen molar-refractivity contribution in [1.29, 1.82) is 0 Å². The molecule has 2 rings (SSSR count). The summed E-state index contributed by atoms with van der Waals surface area (Å²) in [6.45, 7) is 2.85. The van der Waals surface area contributed by atoms with Crippen molar-refractivity contribution in [2.24, 2.45) is 5.73 Å². The molecule has 1 heterocycles. The molecule has 1 aromatic carbocycles. The van der Waals surface area contributed by atoms with E-state index in [1.807, 2.05) is 13.0 Å². The maximum absolute atomic E-state index is 12.5. The molecule has 6 heteroatoms. The third kappa shape index (κ3) is 2.93. The van der Waals surface area contributed by atoms with Crippen molar-refractivity contribution < 1.29 is 8.42 Å². The monoisotopic (exact) mass is 332 g/mol. The van der Waals surface area contributed by atoms with Gasteiger partial charge in [0.25, 0.3) is 0 Å². The van der Waals surface area contributed by atoms with Gasteiger partial charge in [0.05, 0.1) is 4.90 Å². The van der Waals surface area contributed by atoms with Gasteiger partial charge in [-0.1, -0.05) is 15.9 Å². The fourth-order valence-corrected chi connectivity index (χ4v) is 4.62. The largest absolute Gasteiger partial charge is 0.327 e. The Bertz CT molecular complexity index is 525. The number of nitrogens with zero attached hydrogens (tertiary/aromatic N) is 1. The highest BCUT2D eigenvalue weighted by atomic mass is 79.9. The van der Waals surface area contributed by atoms with Gasteiger partial charge in [-0.3, -0.25) is 0 Å². The van der Waals surface area contributed by atoms with Crippen LogP contribution < -0.4 is 5.73 Å².